The summed E-state index contributed by atoms with van der Waals surface area (Å²) in [6.07, 6.45) is 1.69. The van der Waals surface area contributed by atoms with Gasteiger partial charge in [0, 0.05) is 5.39 Å². The van der Waals surface area contributed by atoms with Gasteiger partial charge in [-0.2, -0.15) is 5.10 Å². The molecular formula is C17H16ClN3O. The largest absolute Gasteiger partial charge is 0.348 e. The minimum atomic E-state index is -0.0821. The molecule has 0 aliphatic heterocycles. The molecule has 0 aliphatic carbocycles. The van der Waals surface area contributed by atoms with E-state index in [-0.39, 0.29) is 18.5 Å². The Kier molecular flexibility index (Phi) is 4.11. The number of carbonyl (C=O) groups is 1. The summed E-state index contributed by atoms with van der Waals surface area (Å²) in [7, 11) is 0. The predicted molar refractivity (Wildman–Crippen MR) is 87.7 cm³/mol. The van der Waals surface area contributed by atoms with Crippen LogP contribution < -0.4 is 5.32 Å². The number of benzene rings is 2. The zero-order chi connectivity index (χ0) is 15.5. The van der Waals surface area contributed by atoms with Crippen LogP contribution in [0, 0.1) is 0 Å². The van der Waals surface area contributed by atoms with Crippen LogP contribution in [-0.4, -0.2) is 15.7 Å². The van der Waals surface area contributed by atoms with E-state index in [1.165, 1.54) is 0 Å². The van der Waals surface area contributed by atoms with Crippen molar-refractivity contribution in [2.75, 3.05) is 0 Å². The number of rotatable bonds is 4. The fourth-order valence-corrected chi connectivity index (χ4v) is 2.66. The number of nitrogens with zero attached hydrogens (tertiary/aromatic N) is 2. The Morgan fingerprint density at radius 3 is 2.77 bits per heavy atom. The summed E-state index contributed by atoms with van der Waals surface area (Å²) in [6.45, 7) is 2.13. The second-order valence-electron chi connectivity index (χ2n) is 5.17. The molecular weight excluding hydrogens is 298 g/mol. The number of halogens is 1. The molecule has 5 heteroatoms. The summed E-state index contributed by atoms with van der Waals surface area (Å²) in [6, 6.07) is 15.4. The van der Waals surface area contributed by atoms with E-state index in [0.717, 1.165) is 16.5 Å². The molecule has 4 nitrogen and oxygen atoms in total. The smallest absolute Gasteiger partial charge is 0.242 e. The van der Waals surface area contributed by atoms with Gasteiger partial charge in [-0.15, -0.1) is 0 Å². The first-order valence-corrected chi connectivity index (χ1v) is 7.47. The van der Waals surface area contributed by atoms with Gasteiger partial charge in [-0.25, -0.2) is 0 Å². The number of hydrogen-bond donors (Lipinski definition) is 1. The van der Waals surface area contributed by atoms with E-state index in [1.807, 2.05) is 55.5 Å². The van der Waals surface area contributed by atoms with Gasteiger partial charge in [0.05, 0.1) is 22.8 Å². The van der Waals surface area contributed by atoms with Gasteiger partial charge in [0.15, 0.2) is 0 Å². The predicted octanol–water partition coefficient (Wildman–Crippen LogP) is 3.57. The average Bonchev–Trinajstić information content (AvgIpc) is 2.92. The zero-order valence-electron chi connectivity index (χ0n) is 12.2. The normalized spacial score (nSPS) is 12.3. The summed E-state index contributed by atoms with van der Waals surface area (Å²) >= 11 is 6.12. The maximum atomic E-state index is 12.2. The summed E-state index contributed by atoms with van der Waals surface area (Å²) < 4.78 is 1.66. The van der Waals surface area contributed by atoms with Crippen molar-refractivity contribution in [2.45, 2.75) is 19.5 Å². The van der Waals surface area contributed by atoms with E-state index in [4.69, 9.17) is 11.6 Å². The molecule has 0 aliphatic rings. The maximum absolute atomic E-state index is 12.2. The number of amides is 1. The third-order valence-corrected chi connectivity index (χ3v) is 3.93. The second kappa shape index (κ2) is 6.20. The van der Waals surface area contributed by atoms with E-state index in [9.17, 15) is 4.79 Å². The standard InChI is InChI=1S/C17H16ClN3O/c1-12(13-6-3-2-4-7-13)20-17(22)11-21-16-9-5-8-15(18)14(16)10-19-21/h2-10,12H,11H2,1H3,(H,20,22)/t12-/m1/s1. The van der Waals surface area contributed by atoms with Crippen molar-refractivity contribution in [2.24, 2.45) is 0 Å². The fraction of sp³-hybridized carbons (Fsp3) is 0.176. The van der Waals surface area contributed by atoms with Gasteiger partial charge >= 0.3 is 0 Å². The number of nitrogens with one attached hydrogen (secondary N) is 1. The Bertz CT molecular complexity index is 798. The molecule has 0 unspecified atom stereocenters. The molecule has 1 N–H and O–H groups in total. The van der Waals surface area contributed by atoms with Crippen LogP contribution in [0.25, 0.3) is 10.9 Å². The van der Waals surface area contributed by atoms with Crippen molar-refractivity contribution < 1.29 is 4.79 Å². The van der Waals surface area contributed by atoms with Crippen molar-refractivity contribution in [3.8, 4) is 0 Å². The van der Waals surface area contributed by atoms with Gasteiger partial charge in [-0.1, -0.05) is 48.0 Å². The quantitative estimate of drug-likeness (QED) is 0.800. The van der Waals surface area contributed by atoms with Crippen LogP contribution in [0.1, 0.15) is 18.5 Å². The van der Waals surface area contributed by atoms with Crippen molar-refractivity contribution in [3.63, 3.8) is 0 Å². The Balaban J connectivity index is 1.72. The highest BCUT2D eigenvalue weighted by atomic mass is 35.5. The Morgan fingerprint density at radius 2 is 2.00 bits per heavy atom. The van der Waals surface area contributed by atoms with Crippen LogP contribution in [0.15, 0.2) is 54.7 Å². The van der Waals surface area contributed by atoms with Gasteiger partial charge in [0.2, 0.25) is 5.91 Å². The number of carbonyl (C=O) groups excluding carboxylic acids is 1. The van der Waals surface area contributed by atoms with Crippen molar-refractivity contribution in [1.82, 2.24) is 15.1 Å². The molecule has 0 fully saturated rings. The van der Waals surface area contributed by atoms with E-state index in [1.54, 1.807) is 10.9 Å². The number of aromatic nitrogens is 2. The fourth-order valence-electron chi connectivity index (χ4n) is 2.44. The Hall–Kier alpha value is -2.33. The molecule has 1 heterocycles. The van der Waals surface area contributed by atoms with Crippen LogP contribution in [0.2, 0.25) is 5.02 Å². The van der Waals surface area contributed by atoms with E-state index < -0.39 is 0 Å². The van der Waals surface area contributed by atoms with Crippen molar-refractivity contribution in [1.29, 1.82) is 0 Å². The van der Waals surface area contributed by atoms with E-state index in [0.29, 0.717) is 5.02 Å². The van der Waals surface area contributed by atoms with Crippen LogP contribution in [0.3, 0.4) is 0 Å². The summed E-state index contributed by atoms with van der Waals surface area (Å²) in [4.78, 5) is 12.2. The van der Waals surface area contributed by atoms with Gasteiger partial charge in [0.25, 0.3) is 0 Å². The summed E-state index contributed by atoms with van der Waals surface area (Å²) in [5, 5.41) is 8.72. The molecule has 0 radical (unpaired) electrons. The highest BCUT2D eigenvalue weighted by molar-refractivity contribution is 6.35. The molecule has 3 aromatic rings. The summed E-state index contributed by atoms with van der Waals surface area (Å²) in [5.41, 5.74) is 1.93. The van der Waals surface area contributed by atoms with Gasteiger partial charge in [-0.3, -0.25) is 9.48 Å². The lowest BCUT2D eigenvalue weighted by molar-refractivity contribution is -0.122. The van der Waals surface area contributed by atoms with Gasteiger partial charge in [0.1, 0.15) is 6.54 Å². The molecule has 1 atom stereocenters. The number of fused-ring (bicyclic) bond motifs is 1. The molecule has 0 spiro atoms. The SMILES string of the molecule is C[C@@H](NC(=O)Cn1ncc2c(Cl)cccc21)c1ccccc1. The molecule has 3 rings (SSSR count). The molecule has 22 heavy (non-hydrogen) atoms. The first kappa shape index (κ1) is 14.6. The lowest BCUT2D eigenvalue weighted by atomic mass is 10.1. The molecule has 112 valence electrons. The molecule has 1 amide bonds. The van der Waals surface area contributed by atoms with Crippen LogP contribution in [0.4, 0.5) is 0 Å². The highest BCUT2D eigenvalue weighted by Gasteiger charge is 2.12. The summed E-state index contributed by atoms with van der Waals surface area (Å²) in [5.74, 6) is -0.0821. The average molecular weight is 314 g/mol. The van der Waals surface area contributed by atoms with Crippen LogP contribution >= 0.6 is 11.6 Å². The molecule has 1 aromatic heterocycles. The first-order valence-electron chi connectivity index (χ1n) is 7.09. The van der Waals surface area contributed by atoms with Crippen molar-refractivity contribution in [3.05, 3.63) is 65.3 Å². The van der Waals surface area contributed by atoms with Crippen LogP contribution in [0.5, 0.6) is 0 Å². The maximum Gasteiger partial charge on any atom is 0.242 e. The van der Waals surface area contributed by atoms with E-state index >= 15 is 0 Å². The molecule has 2 aromatic carbocycles. The topological polar surface area (TPSA) is 46.9 Å². The number of hydrogen-bond acceptors (Lipinski definition) is 2. The third-order valence-electron chi connectivity index (χ3n) is 3.60. The minimum Gasteiger partial charge on any atom is -0.348 e. The third kappa shape index (κ3) is 2.97. The Labute approximate surface area is 133 Å². The minimum absolute atomic E-state index is 0.0425. The lowest BCUT2D eigenvalue weighted by Gasteiger charge is -2.14. The zero-order valence-corrected chi connectivity index (χ0v) is 12.9. The van der Waals surface area contributed by atoms with Crippen LogP contribution in [-0.2, 0) is 11.3 Å². The molecule has 0 saturated carbocycles. The highest BCUT2D eigenvalue weighted by Crippen LogP contribution is 2.22. The molecule has 0 bridgehead atoms. The molecule has 0 saturated heterocycles. The van der Waals surface area contributed by atoms with Gasteiger partial charge in [-0.05, 0) is 24.6 Å². The van der Waals surface area contributed by atoms with E-state index in [2.05, 4.69) is 10.4 Å². The van der Waals surface area contributed by atoms with Gasteiger partial charge < -0.3 is 5.32 Å². The monoisotopic (exact) mass is 313 g/mol. The van der Waals surface area contributed by atoms with Crippen molar-refractivity contribution >= 4 is 28.4 Å². The first-order chi connectivity index (χ1) is 10.6. The Morgan fingerprint density at radius 1 is 1.23 bits per heavy atom. The lowest BCUT2D eigenvalue weighted by Crippen LogP contribution is -2.30. The second-order valence-corrected chi connectivity index (χ2v) is 5.58.